The van der Waals surface area contributed by atoms with Gasteiger partial charge in [0, 0.05) is 23.7 Å². The lowest BCUT2D eigenvalue weighted by Crippen LogP contribution is -2.19. The van der Waals surface area contributed by atoms with E-state index >= 15 is 0 Å². The van der Waals surface area contributed by atoms with Crippen LogP contribution in [0.25, 0.3) is 0 Å². The molecule has 3 N–H and O–H groups in total. The Morgan fingerprint density at radius 3 is 2.48 bits per heavy atom. The molecule has 0 saturated carbocycles. The molecule has 0 saturated heterocycles. The molecule has 1 aliphatic rings. The molecule has 0 fully saturated rings. The Labute approximate surface area is 155 Å². The molecule has 1 amide bonds. The minimum atomic E-state index is -0.411. The van der Waals surface area contributed by atoms with Crippen LogP contribution in [0.2, 0.25) is 0 Å². The molecule has 0 radical (unpaired) electrons. The number of amides is 1. The number of carbonyl (C=O) groups is 2. The number of rotatable bonds is 5. The van der Waals surface area contributed by atoms with Crippen molar-refractivity contribution in [1.82, 2.24) is 5.43 Å². The Hall–Kier alpha value is -3.55. The van der Waals surface area contributed by atoms with E-state index < -0.39 is 5.97 Å². The third-order valence-electron chi connectivity index (χ3n) is 3.93. The van der Waals surface area contributed by atoms with Gasteiger partial charge in [0.25, 0.3) is 0 Å². The lowest BCUT2D eigenvalue weighted by Gasteiger charge is -2.14. The third kappa shape index (κ3) is 4.17. The summed E-state index contributed by atoms with van der Waals surface area (Å²) < 4.78 is 15.7. The zero-order chi connectivity index (χ0) is 19.4. The first-order chi connectivity index (χ1) is 13.0. The second-order valence-corrected chi connectivity index (χ2v) is 5.87. The Bertz CT molecular complexity index is 906. The van der Waals surface area contributed by atoms with Crippen molar-refractivity contribution in [1.29, 1.82) is 0 Å². The quantitative estimate of drug-likeness (QED) is 0.358. The van der Waals surface area contributed by atoms with Gasteiger partial charge in [0.1, 0.15) is 0 Å². The summed E-state index contributed by atoms with van der Waals surface area (Å²) >= 11 is 0. The molecule has 0 atom stereocenters. The van der Waals surface area contributed by atoms with E-state index in [0.29, 0.717) is 39.6 Å². The van der Waals surface area contributed by atoms with Crippen molar-refractivity contribution in [2.24, 2.45) is 5.10 Å². The minimum absolute atomic E-state index is 0.0105. The molecule has 0 aromatic heterocycles. The number of anilines is 1. The SMILES string of the molecule is COC(=O)Cc1cc2c(cc1/C(=N/NC(C)=O)c1ccc(N)cc1)OCO2. The van der Waals surface area contributed by atoms with Crippen LogP contribution in [-0.4, -0.2) is 31.5 Å². The van der Waals surface area contributed by atoms with Crippen LogP contribution in [-0.2, 0) is 20.7 Å². The highest BCUT2D eigenvalue weighted by molar-refractivity contribution is 6.14. The Morgan fingerprint density at radius 2 is 1.85 bits per heavy atom. The molecule has 1 aliphatic heterocycles. The summed E-state index contributed by atoms with van der Waals surface area (Å²) in [4.78, 5) is 23.3. The van der Waals surface area contributed by atoms with Crippen LogP contribution in [0.3, 0.4) is 0 Å². The van der Waals surface area contributed by atoms with Gasteiger partial charge >= 0.3 is 5.97 Å². The van der Waals surface area contributed by atoms with Crippen molar-refractivity contribution in [2.75, 3.05) is 19.6 Å². The van der Waals surface area contributed by atoms with Crippen molar-refractivity contribution >= 4 is 23.3 Å². The number of nitrogens with two attached hydrogens (primary N) is 1. The standard InChI is InChI=1S/C19H19N3O5/c1-11(23)21-22-19(12-3-5-14(20)6-4-12)15-9-17-16(26-10-27-17)7-13(15)8-18(24)25-2/h3-7,9H,8,10,20H2,1-2H3,(H,21,23)/b22-19+. The Kier molecular flexibility index (Phi) is 5.25. The number of hydrogen-bond acceptors (Lipinski definition) is 7. The number of fused-ring (bicyclic) bond motifs is 1. The summed E-state index contributed by atoms with van der Waals surface area (Å²) in [5.41, 5.74) is 11.2. The van der Waals surface area contributed by atoms with Gasteiger partial charge < -0.3 is 19.9 Å². The predicted octanol–water partition coefficient (Wildman–Crippen LogP) is 1.60. The first-order valence-electron chi connectivity index (χ1n) is 8.18. The number of ether oxygens (including phenoxy) is 3. The molecule has 3 rings (SSSR count). The number of methoxy groups -OCH3 is 1. The average molecular weight is 369 g/mol. The van der Waals surface area contributed by atoms with Crippen molar-refractivity contribution in [3.63, 3.8) is 0 Å². The average Bonchev–Trinajstić information content (AvgIpc) is 3.10. The summed E-state index contributed by atoms with van der Waals surface area (Å²) in [7, 11) is 1.32. The zero-order valence-corrected chi connectivity index (χ0v) is 14.9. The molecule has 2 aromatic carbocycles. The highest BCUT2D eigenvalue weighted by atomic mass is 16.7. The molecule has 140 valence electrons. The van der Waals surface area contributed by atoms with E-state index in [1.54, 1.807) is 36.4 Å². The van der Waals surface area contributed by atoms with Gasteiger partial charge in [0.15, 0.2) is 11.5 Å². The molecule has 8 heteroatoms. The van der Waals surface area contributed by atoms with Crippen LogP contribution < -0.4 is 20.6 Å². The lowest BCUT2D eigenvalue weighted by molar-refractivity contribution is -0.139. The van der Waals surface area contributed by atoms with E-state index in [9.17, 15) is 9.59 Å². The molecule has 0 unspecified atom stereocenters. The smallest absolute Gasteiger partial charge is 0.310 e. The maximum absolute atomic E-state index is 11.9. The highest BCUT2D eigenvalue weighted by Gasteiger charge is 2.22. The van der Waals surface area contributed by atoms with E-state index in [-0.39, 0.29) is 19.1 Å². The second kappa shape index (κ2) is 7.77. The van der Waals surface area contributed by atoms with Crippen molar-refractivity contribution in [2.45, 2.75) is 13.3 Å². The van der Waals surface area contributed by atoms with Crippen molar-refractivity contribution in [3.05, 3.63) is 53.1 Å². The minimum Gasteiger partial charge on any atom is -0.469 e. The zero-order valence-electron chi connectivity index (χ0n) is 14.9. The number of benzene rings is 2. The monoisotopic (exact) mass is 369 g/mol. The summed E-state index contributed by atoms with van der Waals surface area (Å²) in [6, 6.07) is 10.5. The van der Waals surface area contributed by atoms with Crippen LogP contribution in [0.15, 0.2) is 41.5 Å². The molecule has 27 heavy (non-hydrogen) atoms. The summed E-state index contributed by atoms with van der Waals surface area (Å²) in [5, 5.41) is 4.24. The Balaban J connectivity index is 2.14. The molecule has 8 nitrogen and oxygen atoms in total. The van der Waals surface area contributed by atoms with Gasteiger partial charge in [-0.25, -0.2) is 5.43 Å². The number of esters is 1. The number of carbonyl (C=O) groups excluding carboxylic acids is 2. The molecule has 1 heterocycles. The van der Waals surface area contributed by atoms with E-state index in [4.69, 9.17) is 19.9 Å². The molecular weight excluding hydrogens is 350 g/mol. The summed E-state index contributed by atoms with van der Waals surface area (Å²) in [6.45, 7) is 1.45. The number of nitrogens with zero attached hydrogens (tertiary/aromatic N) is 1. The number of hydrazone groups is 1. The topological polar surface area (TPSA) is 112 Å². The lowest BCUT2D eigenvalue weighted by atomic mass is 9.95. The van der Waals surface area contributed by atoms with Gasteiger partial charge in [-0.15, -0.1) is 0 Å². The largest absolute Gasteiger partial charge is 0.469 e. The van der Waals surface area contributed by atoms with Gasteiger partial charge in [-0.3, -0.25) is 9.59 Å². The molecular formula is C19H19N3O5. The van der Waals surface area contributed by atoms with E-state index in [2.05, 4.69) is 10.5 Å². The maximum atomic E-state index is 11.9. The summed E-state index contributed by atoms with van der Waals surface area (Å²) in [6.07, 6.45) is 0.0105. The van der Waals surface area contributed by atoms with Gasteiger partial charge in [-0.05, 0) is 29.8 Å². The van der Waals surface area contributed by atoms with E-state index in [1.807, 2.05) is 0 Å². The first-order valence-corrected chi connectivity index (χ1v) is 8.18. The predicted molar refractivity (Wildman–Crippen MR) is 98.6 cm³/mol. The fourth-order valence-corrected chi connectivity index (χ4v) is 2.63. The van der Waals surface area contributed by atoms with Crippen LogP contribution in [0, 0.1) is 0 Å². The van der Waals surface area contributed by atoms with Crippen LogP contribution in [0.5, 0.6) is 11.5 Å². The van der Waals surface area contributed by atoms with Gasteiger partial charge in [-0.2, -0.15) is 5.10 Å². The molecule has 0 aliphatic carbocycles. The van der Waals surface area contributed by atoms with Crippen LogP contribution in [0.4, 0.5) is 5.69 Å². The Morgan fingerprint density at radius 1 is 1.19 bits per heavy atom. The fraction of sp³-hybridized carbons (Fsp3) is 0.211. The molecule has 0 bridgehead atoms. The fourth-order valence-electron chi connectivity index (χ4n) is 2.63. The van der Waals surface area contributed by atoms with Crippen LogP contribution in [0.1, 0.15) is 23.6 Å². The van der Waals surface area contributed by atoms with Gasteiger partial charge in [-0.1, -0.05) is 12.1 Å². The molecule has 2 aromatic rings. The normalized spacial score (nSPS) is 12.6. The summed E-state index contributed by atoms with van der Waals surface area (Å²) in [5.74, 6) is 0.336. The molecule has 0 spiro atoms. The second-order valence-electron chi connectivity index (χ2n) is 5.87. The van der Waals surface area contributed by atoms with Crippen molar-refractivity contribution < 1.29 is 23.8 Å². The number of nitrogen functional groups attached to an aromatic ring is 1. The number of nitrogens with one attached hydrogen (secondary N) is 1. The first kappa shape index (κ1) is 18.2. The third-order valence-corrected chi connectivity index (χ3v) is 3.93. The van der Waals surface area contributed by atoms with Gasteiger partial charge in [0.2, 0.25) is 12.7 Å². The van der Waals surface area contributed by atoms with E-state index in [0.717, 1.165) is 0 Å². The van der Waals surface area contributed by atoms with Gasteiger partial charge in [0.05, 0.1) is 19.2 Å². The van der Waals surface area contributed by atoms with Crippen molar-refractivity contribution in [3.8, 4) is 11.5 Å². The van der Waals surface area contributed by atoms with E-state index in [1.165, 1.54) is 14.0 Å². The highest BCUT2D eigenvalue weighted by Crippen LogP contribution is 2.36. The maximum Gasteiger partial charge on any atom is 0.310 e. The van der Waals surface area contributed by atoms with Crippen LogP contribution >= 0.6 is 0 Å². The number of hydrogen-bond donors (Lipinski definition) is 2.